The number of methoxy groups -OCH3 is 1. The molecule has 4 rings (SSSR count). The quantitative estimate of drug-likeness (QED) is 0.544. The topological polar surface area (TPSA) is 94.8 Å². The fourth-order valence-electron chi connectivity index (χ4n) is 2.81. The van der Waals surface area contributed by atoms with Crippen LogP contribution in [0.4, 0.5) is 5.95 Å². The first-order valence-electron chi connectivity index (χ1n) is 8.95. The number of carbonyl (C=O) groups excluding carboxylic acids is 1. The Bertz CT molecular complexity index is 1110. The highest BCUT2D eigenvalue weighted by Gasteiger charge is 2.21. The maximum Gasteiger partial charge on any atom is 0.285 e. The van der Waals surface area contributed by atoms with Crippen LogP contribution in [0, 0.1) is 0 Å². The number of nitrogens with one attached hydrogen (secondary N) is 1. The first-order chi connectivity index (χ1) is 14.3. The van der Waals surface area contributed by atoms with Crippen LogP contribution in [0.2, 0.25) is 0 Å². The molecule has 0 spiro atoms. The normalized spacial score (nSPS) is 10.5. The van der Waals surface area contributed by atoms with Gasteiger partial charge in [0.2, 0.25) is 11.8 Å². The molecular formula is C21H18N6O2. The molecular weight excluding hydrogens is 368 g/mol. The number of aromatic nitrogens is 5. The molecule has 0 bridgehead atoms. The van der Waals surface area contributed by atoms with Crippen LogP contribution in [0.15, 0.2) is 73.2 Å². The van der Waals surface area contributed by atoms with E-state index < -0.39 is 0 Å². The lowest BCUT2D eigenvalue weighted by Crippen LogP contribution is -2.18. The van der Waals surface area contributed by atoms with Crippen molar-refractivity contribution in [1.82, 2.24) is 24.7 Å². The Balaban J connectivity index is 1.72. The first kappa shape index (κ1) is 18.3. The van der Waals surface area contributed by atoms with Crippen LogP contribution in [-0.4, -0.2) is 37.7 Å². The van der Waals surface area contributed by atoms with Crippen LogP contribution in [0.5, 0.6) is 5.75 Å². The van der Waals surface area contributed by atoms with Gasteiger partial charge >= 0.3 is 0 Å². The second-order valence-electron chi connectivity index (χ2n) is 6.11. The van der Waals surface area contributed by atoms with E-state index in [0.717, 1.165) is 5.56 Å². The van der Waals surface area contributed by atoms with Gasteiger partial charge in [-0.1, -0.05) is 42.5 Å². The molecule has 2 aromatic carbocycles. The van der Waals surface area contributed by atoms with Crippen molar-refractivity contribution >= 4 is 11.9 Å². The Kier molecular flexibility index (Phi) is 5.24. The van der Waals surface area contributed by atoms with Gasteiger partial charge in [0.25, 0.3) is 5.91 Å². The number of hydrogen-bond donors (Lipinski definition) is 1. The molecule has 4 aromatic rings. The van der Waals surface area contributed by atoms with Crippen molar-refractivity contribution in [2.24, 2.45) is 0 Å². The van der Waals surface area contributed by atoms with E-state index in [9.17, 15) is 4.79 Å². The molecule has 0 saturated carbocycles. The number of nitrogens with zero attached hydrogens (tertiary/aromatic N) is 5. The lowest BCUT2D eigenvalue weighted by Gasteiger charge is -2.09. The highest BCUT2D eigenvalue weighted by atomic mass is 16.5. The summed E-state index contributed by atoms with van der Waals surface area (Å²) in [5.74, 6) is 0.751. The van der Waals surface area contributed by atoms with Crippen LogP contribution in [0.1, 0.15) is 15.9 Å². The molecule has 2 heterocycles. The van der Waals surface area contributed by atoms with Crippen LogP contribution in [0.25, 0.3) is 11.5 Å². The van der Waals surface area contributed by atoms with Crippen molar-refractivity contribution in [3.63, 3.8) is 0 Å². The molecule has 8 nitrogen and oxygen atoms in total. The van der Waals surface area contributed by atoms with E-state index in [4.69, 9.17) is 4.74 Å². The van der Waals surface area contributed by atoms with Crippen LogP contribution >= 0.6 is 0 Å². The van der Waals surface area contributed by atoms with Crippen LogP contribution < -0.4 is 10.1 Å². The summed E-state index contributed by atoms with van der Waals surface area (Å²) in [5, 5.41) is 7.58. The molecule has 29 heavy (non-hydrogen) atoms. The van der Waals surface area contributed by atoms with Crippen molar-refractivity contribution in [2.45, 2.75) is 6.54 Å². The second-order valence-corrected chi connectivity index (χ2v) is 6.11. The minimum Gasteiger partial charge on any atom is -0.496 e. The number of hydrogen-bond acceptors (Lipinski definition) is 7. The highest BCUT2D eigenvalue weighted by Crippen LogP contribution is 2.22. The third-order valence-corrected chi connectivity index (χ3v) is 4.24. The molecule has 0 aliphatic heterocycles. The van der Waals surface area contributed by atoms with E-state index >= 15 is 0 Å². The zero-order valence-corrected chi connectivity index (χ0v) is 15.7. The Labute approximate surface area is 167 Å². The molecule has 144 valence electrons. The van der Waals surface area contributed by atoms with Crippen molar-refractivity contribution < 1.29 is 9.53 Å². The minimum atomic E-state index is -0.356. The lowest BCUT2D eigenvalue weighted by molar-refractivity contribution is 0.0944. The average molecular weight is 386 g/mol. The summed E-state index contributed by atoms with van der Waals surface area (Å²) in [7, 11) is 1.52. The summed E-state index contributed by atoms with van der Waals surface area (Å²) in [6, 6.07) is 18.5. The summed E-state index contributed by atoms with van der Waals surface area (Å²) in [4.78, 5) is 25.8. The third kappa shape index (κ3) is 3.96. The number of rotatable bonds is 6. The van der Waals surface area contributed by atoms with Gasteiger partial charge in [-0.3, -0.25) is 4.79 Å². The maximum absolute atomic E-state index is 13.2. The molecule has 0 unspecified atom stereocenters. The van der Waals surface area contributed by atoms with Gasteiger partial charge < -0.3 is 10.1 Å². The van der Waals surface area contributed by atoms with Crippen LogP contribution in [-0.2, 0) is 6.54 Å². The predicted octanol–water partition coefficient (Wildman–Crippen LogP) is 3.04. The zero-order valence-electron chi connectivity index (χ0n) is 15.7. The summed E-state index contributed by atoms with van der Waals surface area (Å²) < 4.78 is 6.56. The summed E-state index contributed by atoms with van der Waals surface area (Å²) in [6.07, 6.45) is 3.01. The fraction of sp³-hybridized carbons (Fsp3) is 0.0952. The molecule has 0 radical (unpaired) electrons. The smallest absolute Gasteiger partial charge is 0.285 e. The monoisotopic (exact) mass is 386 g/mol. The third-order valence-electron chi connectivity index (χ3n) is 4.24. The van der Waals surface area contributed by atoms with E-state index in [0.29, 0.717) is 35.3 Å². The van der Waals surface area contributed by atoms with E-state index in [1.165, 1.54) is 18.1 Å². The molecule has 0 aliphatic carbocycles. The van der Waals surface area contributed by atoms with Crippen molar-refractivity contribution in [3.05, 3.63) is 84.3 Å². The first-order valence-corrected chi connectivity index (χ1v) is 8.95. The van der Waals surface area contributed by atoms with Crippen molar-refractivity contribution in [1.29, 1.82) is 0 Å². The highest BCUT2D eigenvalue weighted by molar-refractivity contribution is 5.99. The molecule has 8 heteroatoms. The standard InChI is InChI=1S/C21H18N6O2/c1-29-18-10-6-5-9-16(18)20(28)27-21(23-13-15-7-3-2-4-8-15)25-19(26-27)17-11-12-22-14-24-17/h2-12,14H,13H2,1H3,(H,23,25,26). The average Bonchev–Trinajstić information content (AvgIpc) is 3.23. The molecule has 0 fully saturated rings. The number of para-hydroxylation sites is 1. The fourth-order valence-corrected chi connectivity index (χ4v) is 2.81. The number of anilines is 1. The summed E-state index contributed by atoms with van der Waals surface area (Å²) >= 11 is 0. The van der Waals surface area contributed by atoms with E-state index in [-0.39, 0.29) is 5.91 Å². The molecule has 1 N–H and O–H groups in total. The Morgan fingerprint density at radius 2 is 1.86 bits per heavy atom. The van der Waals surface area contributed by atoms with Gasteiger partial charge in [-0.05, 0) is 23.8 Å². The largest absolute Gasteiger partial charge is 0.496 e. The van der Waals surface area contributed by atoms with Crippen molar-refractivity contribution in [3.8, 4) is 17.3 Å². The lowest BCUT2D eigenvalue weighted by atomic mass is 10.2. The molecule has 0 amide bonds. The summed E-state index contributed by atoms with van der Waals surface area (Å²) in [6.45, 7) is 0.488. The van der Waals surface area contributed by atoms with E-state index in [1.807, 2.05) is 30.3 Å². The minimum absolute atomic E-state index is 0.318. The number of carbonyl (C=O) groups is 1. The van der Waals surface area contributed by atoms with Gasteiger partial charge in [0.05, 0.1) is 12.7 Å². The second kappa shape index (κ2) is 8.30. The SMILES string of the molecule is COc1ccccc1C(=O)n1nc(-c2ccncn2)nc1NCc1ccccc1. The molecule has 0 saturated heterocycles. The molecule has 2 aromatic heterocycles. The van der Waals surface area contributed by atoms with Gasteiger partial charge in [0.1, 0.15) is 17.8 Å². The number of ether oxygens (including phenoxy) is 1. The summed E-state index contributed by atoms with van der Waals surface area (Å²) in [5.41, 5.74) is 1.96. The van der Waals surface area contributed by atoms with E-state index in [1.54, 1.807) is 36.5 Å². The van der Waals surface area contributed by atoms with Crippen LogP contribution in [0.3, 0.4) is 0 Å². The maximum atomic E-state index is 13.2. The van der Waals surface area contributed by atoms with Gasteiger partial charge in [0.15, 0.2) is 0 Å². The Morgan fingerprint density at radius 3 is 2.62 bits per heavy atom. The number of benzene rings is 2. The Hall–Kier alpha value is -4.07. The van der Waals surface area contributed by atoms with Gasteiger partial charge in [-0.15, -0.1) is 5.10 Å². The van der Waals surface area contributed by atoms with Gasteiger partial charge in [-0.2, -0.15) is 9.67 Å². The van der Waals surface area contributed by atoms with Gasteiger partial charge in [0, 0.05) is 12.7 Å². The van der Waals surface area contributed by atoms with Gasteiger partial charge in [-0.25, -0.2) is 9.97 Å². The Morgan fingerprint density at radius 1 is 1.07 bits per heavy atom. The predicted molar refractivity (Wildman–Crippen MR) is 108 cm³/mol. The molecule has 0 aliphatic rings. The van der Waals surface area contributed by atoms with Crippen molar-refractivity contribution in [2.75, 3.05) is 12.4 Å². The van der Waals surface area contributed by atoms with E-state index in [2.05, 4.69) is 25.4 Å². The zero-order chi connectivity index (χ0) is 20.1. The molecule has 0 atom stereocenters.